The lowest BCUT2D eigenvalue weighted by Gasteiger charge is -2.11. The van der Waals surface area contributed by atoms with Crippen LogP contribution in [0.5, 0.6) is 5.75 Å². The third-order valence-corrected chi connectivity index (χ3v) is 3.78. The van der Waals surface area contributed by atoms with Crippen LogP contribution in [0.15, 0.2) is 40.9 Å². The minimum absolute atomic E-state index is 0.167. The van der Waals surface area contributed by atoms with E-state index in [1.165, 1.54) is 12.1 Å². The van der Waals surface area contributed by atoms with Crippen molar-refractivity contribution >= 4 is 56.4 Å². The van der Waals surface area contributed by atoms with Crippen molar-refractivity contribution in [1.29, 1.82) is 0 Å². The maximum absolute atomic E-state index is 11.9. The van der Waals surface area contributed by atoms with Gasteiger partial charge in [-0.15, -0.1) is 0 Å². The van der Waals surface area contributed by atoms with Crippen LogP contribution in [-0.4, -0.2) is 12.5 Å². The molecule has 0 unspecified atom stereocenters. The maximum atomic E-state index is 11.9. The summed E-state index contributed by atoms with van der Waals surface area (Å²) in [7, 11) is 0. The van der Waals surface area contributed by atoms with E-state index in [4.69, 9.17) is 33.7 Å². The average molecular weight is 390 g/mol. The van der Waals surface area contributed by atoms with Gasteiger partial charge in [-0.2, -0.15) is 0 Å². The zero-order valence-electron chi connectivity index (χ0n) is 10.7. The van der Waals surface area contributed by atoms with E-state index in [2.05, 4.69) is 21.2 Å². The minimum atomic E-state index is -0.376. The molecule has 0 heterocycles. The van der Waals surface area contributed by atoms with E-state index in [0.717, 1.165) is 4.47 Å². The lowest BCUT2D eigenvalue weighted by Crippen LogP contribution is -2.20. The Morgan fingerprint density at radius 1 is 1.24 bits per heavy atom. The van der Waals surface area contributed by atoms with Crippen LogP contribution >= 0.6 is 39.1 Å². The first-order chi connectivity index (χ1) is 9.97. The number of para-hydroxylation sites is 1. The van der Waals surface area contributed by atoms with Crippen molar-refractivity contribution in [3.63, 3.8) is 0 Å². The van der Waals surface area contributed by atoms with Crippen molar-refractivity contribution in [3.05, 3.63) is 50.9 Å². The molecular weight excluding hydrogens is 379 g/mol. The molecule has 2 aromatic carbocycles. The molecule has 2 aromatic rings. The van der Waals surface area contributed by atoms with Crippen LogP contribution in [0, 0.1) is 0 Å². The third-order valence-electron chi connectivity index (χ3n) is 2.52. The summed E-state index contributed by atoms with van der Waals surface area (Å²) in [6.07, 6.45) is 0. The van der Waals surface area contributed by atoms with Gasteiger partial charge < -0.3 is 15.8 Å². The summed E-state index contributed by atoms with van der Waals surface area (Å²) in [6.45, 7) is -0.167. The van der Waals surface area contributed by atoms with Gasteiger partial charge in [0.1, 0.15) is 5.75 Å². The molecule has 0 bridgehead atoms. The predicted molar refractivity (Wildman–Crippen MR) is 89.1 cm³/mol. The number of carbonyl (C=O) groups is 1. The molecule has 7 heteroatoms. The van der Waals surface area contributed by atoms with Crippen LogP contribution in [0.4, 0.5) is 11.4 Å². The molecule has 0 aliphatic heterocycles. The van der Waals surface area contributed by atoms with Crippen LogP contribution in [-0.2, 0) is 4.79 Å². The summed E-state index contributed by atoms with van der Waals surface area (Å²) in [5.41, 5.74) is 6.34. The second-order valence-electron chi connectivity index (χ2n) is 4.13. The molecule has 0 saturated carbocycles. The fraction of sp³-hybridized carbons (Fsp3) is 0.0714. The van der Waals surface area contributed by atoms with E-state index in [0.29, 0.717) is 17.1 Å². The van der Waals surface area contributed by atoms with Crippen molar-refractivity contribution < 1.29 is 9.53 Å². The third kappa shape index (κ3) is 4.27. The molecule has 2 rings (SSSR count). The number of benzene rings is 2. The molecule has 3 N–H and O–H groups in total. The first-order valence-corrected chi connectivity index (χ1v) is 7.44. The summed E-state index contributed by atoms with van der Waals surface area (Å²) < 4.78 is 6.17. The molecule has 0 fully saturated rings. The summed E-state index contributed by atoms with van der Waals surface area (Å²) in [4.78, 5) is 11.9. The Labute approximate surface area is 140 Å². The second-order valence-corrected chi connectivity index (χ2v) is 5.80. The van der Waals surface area contributed by atoms with Gasteiger partial charge in [-0.3, -0.25) is 4.79 Å². The van der Waals surface area contributed by atoms with Crippen molar-refractivity contribution in [2.24, 2.45) is 0 Å². The number of amides is 1. The molecule has 0 saturated heterocycles. The SMILES string of the molecule is Nc1cc(Cl)c(NC(=O)COc2ccccc2Br)c(Cl)c1. The number of hydrogen-bond acceptors (Lipinski definition) is 3. The Balaban J connectivity index is 2.01. The fourth-order valence-corrected chi connectivity index (χ4v) is 2.59. The highest BCUT2D eigenvalue weighted by Crippen LogP contribution is 2.32. The maximum Gasteiger partial charge on any atom is 0.262 e. The van der Waals surface area contributed by atoms with Crippen molar-refractivity contribution in [2.75, 3.05) is 17.7 Å². The molecular formula is C14H11BrCl2N2O2. The first-order valence-electron chi connectivity index (χ1n) is 5.89. The van der Waals surface area contributed by atoms with Gasteiger partial charge in [-0.25, -0.2) is 0 Å². The van der Waals surface area contributed by atoms with Crippen LogP contribution in [0.25, 0.3) is 0 Å². The number of rotatable bonds is 4. The Morgan fingerprint density at radius 2 is 1.86 bits per heavy atom. The normalized spacial score (nSPS) is 10.2. The second kappa shape index (κ2) is 7.02. The van der Waals surface area contributed by atoms with Gasteiger partial charge in [0.2, 0.25) is 0 Å². The average Bonchev–Trinajstić information content (AvgIpc) is 2.42. The summed E-state index contributed by atoms with van der Waals surface area (Å²) in [5.74, 6) is 0.196. The number of halogens is 3. The van der Waals surface area contributed by atoms with Crippen LogP contribution in [0.2, 0.25) is 10.0 Å². The van der Waals surface area contributed by atoms with E-state index in [-0.39, 0.29) is 22.6 Å². The molecule has 21 heavy (non-hydrogen) atoms. The highest BCUT2D eigenvalue weighted by molar-refractivity contribution is 9.10. The summed E-state index contributed by atoms with van der Waals surface area (Å²) in [6, 6.07) is 10.3. The van der Waals surface area contributed by atoms with E-state index in [1.807, 2.05) is 18.2 Å². The van der Waals surface area contributed by atoms with E-state index >= 15 is 0 Å². The number of nitrogens with one attached hydrogen (secondary N) is 1. The number of hydrogen-bond donors (Lipinski definition) is 2. The molecule has 1 amide bonds. The van der Waals surface area contributed by atoms with Crippen LogP contribution in [0.1, 0.15) is 0 Å². The van der Waals surface area contributed by atoms with Crippen molar-refractivity contribution in [1.82, 2.24) is 0 Å². The molecule has 0 aromatic heterocycles. The number of carbonyl (C=O) groups excluding carboxylic acids is 1. The zero-order chi connectivity index (χ0) is 15.4. The number of ether oxygens (including phenoxy) is 1. The van der Waals surface area contributed by atoms with Gasteiger partial charge in [0.25, 0.3) is 5.91 Å². The molecule has 4 nitrogen and oxygen atoms in total. The Kier molecular flexibility index (Phi) is 5.33. The Hall–Kier alpha value is -1.43. The molecule has 0 spiro atoms. The molecule has 0 radical (unpaired) electrons. The standard InChI is InChI=1S/C14H11BrCl2N2O2/c15-9-3-1-2-4-12(9)21-7-13(20)19-14-10(16)5-8(18)6-11(14)17/h1-6H,7,18H2,(H,19,20). The monoisotopic (exact) mass is 388 g/mol. The van der Waals surface area contributed by atoms with E-state index < -0.39 is 0 Å². The number of nitrogens with two attached hydrogens (primary N) is 1. The van der Waals surface area contributed by atoms with Gasteiger partial charge >= 0.3 is 0 Å². The number of nitrogen functional groups attached to an aromatic ring is 1. The van der Waals surface area contributed by atoms with Gasteiger partial charge in [-0.1, -0.05) is 35.3 Å². The van der Waals surface area contributed by atoms with Gasteiger partial charge in [-0.05, 0) is 40.2 Å². The number of anilines is 2. The van der Waals surface area contributed by atoms with E-state index in [9.17, 15) is 4.79 Å². The van der Waals surface area contributed by atoms with Crippen LogP contribution in [0.3, 0.4) is 0 Å². The summed E-state index contributed by atoms with van der Waals surface area (Å²) >= 11 is 15.3. The first kappa shape index (κ1) is 15.9. The Bertz CT molecular complexity index is 657. The fourth-order valence-electron chi connectivity index (χ4n) is 1.59. The van der Waals surface area contributed by atoms with Gasteiger partial charge in [0.15, 0.2) is 6.61 Å². The minimum Gasteiger partial charge on any atom is -0.483 e. The zero-order valence-corrected chi connectivity index (χ0v) is 13.8. The van der Waals surface area contributed by atoms with Crippen molar-refractivity contribution in [2.45, 2.75) is 0 Å². The molecule has 0 aliphatic rings. The lowest BCUT2D eigenvalue weighted by atomic mass is 10.3. The van der Waals surface area contributed by atoms with Crippen molar-refractivity contribution in [3.8, 4) is 5.75 Å². The van der Waals surface area contributed by atoms with Gasteiger partial charge in [0.05, 0.1) is 20.2 Å². The van der Waals surface area contributed by atoms with Gasteiger partial charge in [0, 0.05) is 5.69 Å². The topological polar surface area (TPSA) is 64.3 Å². The highest BCUT2D eigenvalue weighted by atomic mass is 79.9. The molecule has 0 atom stereocenters. The highest BCUT2D eigenvalue weighted by Gasteiger charge is 2.12. The molecule has 0 aliphatic carbocycles. The largest absolute Gasteiger partial charge is 0.483 e. The van der Waals surface area contributed by atoms with Crippen LogP contribution < -0.4 is 15.8 Å². The van der Waals surface area contributed by atoms with E-state index in [1.54, 1.807) is 6.07 Å². The quantitative estimate of drug-likeness (QED) is 0.763. The molecule has 110 valence electrons. The Morgan fingerprint density at radius 3 is 2.48 bits per heavy atom. The predicted octanol–water partition coefficient (Wildman–Crippen LogP) is 4.36. The smallest absolute Gasteiger partial charge is 0.262 e. The lowest BCUT2D eigenvalue weighted by molar-refractivity contribution is -0.118. The summed E-state index contributed by atoms with van der Waals surface area (Å²) in [5, 5.41) is 3.14.